The summed E-state index contributed by atoms with van der Waals surface area (Å²) in [6.45, 7) is 0. The number of aryl methyl sites for hydroxylation is 1. The van der Waals surface area contributed by atoms with E-state index in [1.807, 2.05) is 60.3 Å². The maximum atomic E-state index is 12.3. The molecule has 19 heavy (non-hydrogen) atoms. The average Bonchev–Trinajstić information content (AvgIpc) is 3.07. The predicted octanol–water partition coefficient (Wildman–Crippen LogP) is 3.38. The average molecular weight is 268 g/mol. The fraction of sp³-hybridized carbons (Fsp3) is 0.0667. The molecular formula is C15H12N2OS. The highest BCUT2D eigenvalue weighted by molar-refractivity contribution is 7.17. The smallest absolute Gasteiger partial charge is 0.202 e. The Morgan fingerprint density at radius 2 is 1.95 bits per heavy atom. The third-order valence-electron chi connectivity index (χ3n) is 2.93. The Morgan fingerprint density at radius 3 is 2.63 bits per heavy atom. The summed E-state index contributed by atoms with van der Waals surface area (Å²) >= 11 is 1.50. The standard InChI is InChI=1S/C15H12N2OS/c1-17-10-16-9-12(17)13-7-8-14(19-13)15(18)11-5-3-2-4-6-11/h2-10H,1H3. The van der Waals surface area contributed by atoms with Gasteiger partial charge in [-0.2, -0.15) is 0 Å². The van der Waals surface area contributed by atoms with Crippen LogP contribution in [0.15, 0.2) is 55.0 Å². The van der Waals surface area contributed by atoms with E-state index in [0.717, 1.165) is 21.0 Å². The minimum absolute atomic E-state index is 0.0685. The molecule has 0 saturated carbocycles. The van der Waals surface area contributed by atoms with Crippen LogP contribution in [0.25, 0.3) is 10.6 Å². The molecule has 0 unspecified atom stereocenters. The van der Waals surface area contributed by atoms with Crippen LogP contribution >= 0.6 is 11.3 Å². The van der Waals surface area contributed by atoms with E-state index in [1.165, 1.54) is 11.3 Å². The lowest BCUT2D eigenvalue weighted by Gasteiger charge is -1.98. The van der Waals surface area contributed by atoms with E-state index in [9.17, 15) is 4.79 Å². The van der Waals surface area contributed by atoms with E-state index < -0.39 is 0 Å². The third kappa shape index (κ3) is 2.22. The topological polar surface area (TPSA) is 34.9 Å². The molecule has 2 aromatic heterocycles. The first-order chi connectivity index (χ1) is 9.25. The number of aromatic nitrogens is 2. The van der Waals surface area contributed by atoms with Gasteiger partial charge in [0, 0.05) is 12.6 Å². The number of hydrogen-bond donors (Lipinski definition) is 0. The van der Waals surface area contributed by atoms with Gasteiger partial charge in [-0.3, -0.25) is 4.79 Å². The van der Waals surface area contributed by atoms with Gasteiger partial charge in [-0.15, -0.1) is 11.3 Å². The Kier molecular flexibility index (Phi) is 3.01. The van der Waals surface area contributed by atoms with Crippen LogP contribution in [0.2, 0.25) is 0 Å². The molecule has 0 bridgehead atoms. The van der Waals surface area contributed by atoms with Crippen LogP contribution in [-0.2, 0) is 7.05 Å². The van der Waals surface area contributed by atoms with Crippen LogP contribution in [0, 0.1) is 0 Å². The molecule has 3 rings (SSSR count). The van der Waals surface area contributed by atoms with Gasteiger partial charge in [-0.25, -0.2) is 4.98 Å². The molecule has 0 aliphatic carbocycles. The highest BCUT2D eigenvalue weighted by Crippen LogP contribution is 2.28. The normalized spacial score (nSPS) is 10.6. The van der Waals surface area contributed by atoms with E-state index in [1.54, 1.807) is 6.33 Å². The van der Waals surface area contributed by atoms with Crippen molar-refractivity contribution < 1.29 is 4.79 Å². The van der Waals surface area contributed by atoms with Crippen LogP contribution in [0.1, 0.15) is 15.2 Å². The summed E-state index contributed by atoms with van der Waals surface area (Å²) in [6.07, 6.45) is 3.57. The van der Waals surface area contributed by atoms with Crippen molar-refractivity contribution in [3.05, 3.63) is 65.4 Å². The Bertz CT molecular complexity index is 713. The highest BCUT2D eigenvalue weighted by atomic mass is 32.1. The SMILES string of the molecule is Cn1cncc1-c1ccc(C(=O)c2ccccc2)s1. The van der Waals surface area contributed by atoms with Gasteiger partial charge in [0.25, 0.3) is 0 Å². The molecule has 94 valence electrons. The van der Waals surface area contributed by atoms with Crippen LogP contribution < -0.4 is 0 Å². The summed E-state index contributed by atoms with van der Waals surface area (Å²) in [5, 5.41) is 0. The molecule has 0 saturated heterocycles. The summed E-state index contributed by atoms with van der Waals surface area (Å²) in [5.41, 5.74) is 1.75. The van der Waals surface area contributed by atoms with Gasteiger partial charge in [0.15, 0.2) is 0 Å². The first-order valence-electron chi connectivity index (χ1n) is 5.92. The molecule has 3 nitrogen and oxygen atoms in total. The molecule has 0 aliphatic heterocycles. The maximum Gasteiger partial charge on any atom is 0.202 e. The summed E-state index contributed by atoms with van der Waals surface area (Å²) < 4.78 is 1.95. The van der Waals surface area contributed by atoms with Crippen LogP contribution in [0.3, 0.4) is 0 Å². The van der Waals surface area contributed by atoms with Crippen molar-refractivity contribution in [2.45, 2.75) is 0 Å². The van der Waals surface area contributed by atoms with Crippen LogP contribution in [-0.4, -0.2) is 15.3 Å². The molecule has 0 amide bonds. The second-order valence-electron chi connectivity index (χ2n) is 4.25. The lowest BCUT2D eigenvalue weighted by Crippen LogP contribution is -1.97. The number of benzene rings is 1. The number of nitrogens with zero attached hydrogens (tertiary/aromatic N) is 2. The summed E-state index contributed by atoms with van der Waals surface area (Å²) in [5.74, 6) is 0.0685. The molecule has 0 radical (unpaired) electrons. The van der Waals surface area contributed by atoms with Gasteiger partial charge < -0.3 is 4.57 Å². The molecule has 4 heteroatoms. The van der Waals surface area contributed by atoms with Crippen LogP contribution in [0.4, 0.5) is 0 Å². The number of carbonyl (C=O) groups excluding carboxylic acids is 1. The van der Waals surface area contributed by atoms with Crippen molar-refractivity contribution in [1.29, 1.82) is 0 Å². The fourth-order valence-electron chi connectivity index (χ4n) is 1.92. The maximum absolute atomic E-state index is 12.3. The lowest BCUT2D eigenvalue weighted by molar-refractivity contribution is 0.104. The Labute approximate surface area is 115 Å². The number of hydrogen-bond acceptors (Lipinski definition) is 3. The first kappa shape index (κ1) is 11.9. The number of carbonyl (C=O) groups is 1. The second-order valence-corrected chi connectivity index (χ2v) is 5.33. The number of rotatable bonds is 3. The van der Waals surface area contributed by atoms with E-state index >= 15 is 0 Å². The second kappa shape index (κ2) is 4.82. The molecule has 1 aromatic carbocycles. The van der Waals surface area contributed by atoms with Crippen molar-refractivity contribution in [2.24, 2.45) is 7.05 Å². The minimum Gasteiger partial charge on any atom is -0.333 e. The molecule has 0 spiro atoms. The van der Waals surface area contributed by atoms with Crippen molar-refractivity contribution >= 4 is 17.1 Å². The molecular weight excluding hydrogens is 256 g/mol. The van der Waals surface area contributed by atoms with Gasteiger partial charge in [0.1, 0.15) is 0 Å². The predicted molar refractivity (Wildman–Crippen MR) is 76.4 cm³/mol. The molecule has 0 fully saturated rings. The van der Waals surface area contributed by atoms with Gasteiger partial charge in [-0.05, 0) is 12.1 Å². The van der Waals surface area contributed by atoms with Crippen molar-refractivity contribution in [3.8, 4) is 10.6 Å². The van der Waals surface area contributed by atoms with Gasteiger partial charge in [0.05, 0.1) is 28.0 Å². The minimum atomic E-state index is 0.0685. The Morgan fingerprint density at radius 1 is 1.16 bits per heavy atom. The zero-order valence-corrected chi connectivity index (χ0v) is 11.2. The van der Waals surface area contributed by atoms with E-state index in [2.05, 4.69) is 4.98 Å². The van der Waals surface area contributed by atoms with Gasteiger partial charge >= 0.3 is 0 Å². The zero-order chi connectivity index (χ0) is 13.2. The number of imidazole rings is 1. The van der Waals surface area contributed by atoms with Crippen molar-refractivity contribution in [2.75, 3.05) is 0 Å². The molecule has 2 heterocycles. The monoisotopic (exact) mass is 268 g/mol. The van der Waals surface area contributed by atoms with Crippen molar-refractivity contribution in [1.82, 2.24) is 9.55 Å². The van der Waals surface area contributed by atoms with E-state index in [-0.39, 0.29) is 5.78 Å². The Balaban J connectivity index is 1.94. The summed E-state index contributed by atoms with van der Waals surface area (Å²) in [6, 6.07) is 13.2. The van der Waals surface area contributed by atoms with Crippen molar-refractivity contribution in [3.63, 3.8) is 0 Å². The number of thiophene rings is 1. The van der Waals surface area contributed by atoms with E-state index in [4.69, 9.17) is 0 Å². The van der Waals surface area contributed by atoms with E-state index in [0.29, 0.717) is 0 Å². The highest BCUT2D eigenvalue weighted by Gasteiger charge is 2.13. The van der Waals surface area contributed by atoms with Gasteiger partial charge in [-0.1, -0.05) is 30.3 Å². The molecule has 0 atom stereocenters. The first-order valence-corrected chi connectivity index (χ1v) is 6.73. The fourth-order valence-corrected chi connectivity index (χ4v) is 2.94. The number of ketones is 1. The largest absolute Gasteiger partial charge is 0.333 e. The molecule has 0 N–H and O–H groups in total. The Hall–Kier alpha value is -2.20. The van der Waals surface area contributed by atoms with Gasteiger partial charge in [0.2, 0.25) is 5.78 Å². The summed E-state index contributed by atoms with van der Waals surface area (Å²) in [7, 11) is 1.95. The quantitative estimate of drug-likeness (QED) is 0.682. The molecule has 0 aliphatic rings. The third-order valence-corrected chi connectivity index (χ3v) is 4.04. The van der Waals surface area contributed by atoms with Crippen LogP contribution in [0.5, 0.6) is 0 Å². The lowest BCUT2D eigenvalue weighted by atomic mass is 10.1. The summed E-state index contributed by atoms with van der Waals surface area (Å²) in [4.78, 5) is 18.2. The molecule has 3 aromatic rings. The zero-order valence-electron chi connectivity index (χ0n) is 10.4.